The van der Waals surface area contributed by atoms with Gasteiger partial charge in [-0.25, -0.2) is 10.3 Å². The van der Waals surface area contributed by atoms with Crippen molar-refractivity contribution in [2.75, 3.05) is 0 Å². The summed E-state index contributed by atoms with van der Waals surface area (Å²) in [5.74, 6) is 0. The predicted octanol–water partition coefficient (Wildman–Crippen LogP) is 1.94. The van der Waals surface area contributed by atoms with Gasteiger partial charge in [0.05, 0.1) is 10.5 Å². The van der Waals surface area contributed by atoms with Crippen molar-refractivity contribution in [1.29, 1.82) is 0 Å². The number of carbonyl (C=O) groups excluding carboxylic acids is 1. The van der Waals surface area contributed by atoms with Crippen molar-refractivity contribution in [3.63, 3.8) is 0 Å². The summed E-state index contributed by atoms with van der Waals surface area (Å²) in [6.45, 7) is 0. The normalized spacial score (nSPS) is 11.5. The first-order valence-corrected chi connectivity index (χ1v) is 6.00. The minimum Gasteiger partial charge on any atom is -0.615 e. The smallest absolute Gasteiger partial charge is 0.452 e. The maximum Gasteiger partial charge on any atom is 0.452 e. The molecule has 1 aromatic carbocycles. The average molecular weight is 339 g/mol. The summed E-state index contributed by atoms with van der Waals surface area (Å²) in [4.78, 5) is 20.6. The van der Waals surface area contributed by atoms with Gasteiger partial charge >= 0.3 is 17.5 Å². The summed E-state index contributed by atoms with van der Waals surface area (Å²) in [5.41, 5.74) is -2.01. The number of ether oxygens (including phenoxy) is 1. The lowest BCUT2D eigenvalue weighted by Crippen LogP contribution is -2.31. The number of halogens is 3. The number of rotatable bonds is 2. The van der Waals surface area contributed by atoms with E-state index in [2.05, 4.69) is 4.74 Å². The summed E-state index contributed by atoms with van der Waals surface area (Å²) in [7, 11) is 0. The molecule has 22 heavy (non-hydrogen) atoms. The third-order valence-electron chi connectivity index (χ3n) is 2.42. The number of thiazole rings is 1. The van der Waals surface area contributed by atoms with E-state index in [4.69, 9.17) is 5.21 Å². The topological polar surface area (TPSA) is 129 Å². The maximum atomic E-state index is 12.7. The van der Waals surface area contributed by atoms with E-state index in [0.717, 1.165) is 5.48 Å². The molecule has 118 valence electrons. The highest BCUT2D eigenvalue weighted by Gasteiger charge is 2.37. The molecule has 0 radical (unpaired) electrons. The van der Waals surface area contributed by atoms with Crippen LogP contribution in [0.15, 0.2) is 12.1 Å². The Balaban J connectivity index is 2.72. The molecule has 0 unspecified atom stereocenters. The second-order valence-electron chi connectivity index (χ2n) is 3.76. The van der Waals surface area contributed by atoms with Crippen LogP contribution in [-0.2, 0) is 6.18 Å². The van der Waals surface area contributed by atoms with Crippen LogP contribution in [0.4, 0.5) is 23.7 Å². The van der Waals surface area contributed by atoms with Crippen molar-refractivity contribution in [2.45, 2.75) is 6.18 Å². The fourth-order valence-electron chi connectivity index (χ4n) is 1.54. The van der Waals surface area contributed by atoms with Crippen molar-refractivity contribution in [1.82, 2.24) is 5.48 Å². The van der Waals surface area contributed by atoms with Crippen LogP contribution in [0.5, 0.6) is 5.19 Å². The lowest BCUT2D eigenvalue weighted by molar-refractivity contribution is -0.577. The number of hydroxylamine groups is 1. The van der Waals surface area contributed by atoms with E-state index in [1.54, 1.807) is 0 Å². The second kappa shape index (κ2) is 5.27. The molecule has 0 fully saturated rings. The molecular weight excluding hydrogens is 335 g/mol. The Morgan fingerprint density at radius 2 is 2.09 bits per heavy atom. The first kappa shape index (κ1) is 15.7. The van der Waals surface area contributed by atoms with E-state index in [9.17, 15) is 33.3 Å². The molecule has 1 aromatic heterocycles. The summed E-state index contributed by atoms with van der Waals surface area (Å²) in [6.07, 6.45) is -6.38. The summed E-state index contributed by atoms with van der Waals surface area (Å²) >= 11 is 0.289. The maximum absolute atomic E-state index is 12.7. The molecule has 9 nitrogen and oxygen atoms in total. The SMILES string of the molecule is O=C(NO)Oc1sc2c([N+](=O)[O-])cc(C(F)(F)F)cc2[n+]1[O-]. The number of non-ortho nitro benzene ring substituents is 1. The summed E-state index contributed by atoms with van der Waals surface area (Å²) in [5, 5.41) is 30.1. The number of hydrogen-bond donors (Lipinski definition) is 2. The molecule has 0 atom stereocenters. The molecule has 0 bridgehead atoms. The van der Waals surface area contributed by atoms with Gasteiger partial charge in [0.1, 0.15) is 0 Å². The van der Waals surface area contributed by atoms with Gasteiger partial charge in [-0.1, -0.05) is 0 Å². The monoisotopic (exact) mass is 339 g/mol. The standard InChI is InChI=1S/C9H4F3N3O6S/c10-9(11,12)3-1-4-6(5(2-3)15(19)20)22-8(14(4)18)21-7(16)13-17/h1-2,17H,(H,13,16). The van der Waals surface area contributed by atoms with Crippen molar-refractivity contribution < 1.29 is 37.6 Å². The van der Waals surface area contributed by atoms with E-state index in [1.165, 1.54) is 0 Å². The molecule has 0 aliphatic rings. The van der Waals surface area contributed by atoms with Crippen LogP contribution in [-0.4, -0.2) is 16.2 Å². The fraction of sp³-hybridized carbons (Fsp3) is 0.111. The number of nitro groups is 1. The third kappa shape index (κ3) is 2.71. The van der Waals surface area contributed by atoms with E-state index in [1.807, 2.05) is 0 Å². The Morgan fingerprint density at radius 3 is 2.59 bits per heavy atom. The quantitative estimate of drug-likeness (QED) is 0.283. The lowest BCUT2D eigenvalue weighted by Gasteiger charge is -2.05. The zero-order valence-electron chi connectivity index (χ0n) is 10.1. The van der Waals surface area contributed by atoms with Gasteiger partial charge in [-0.2, -0.15) is 13.2 Å². The van der Waals surface area contributed by atoms with Gasteiger partial charge in [0.2, 0.25) is 5.52 Å². The van der Waals surface area contributed by atoms with Crippen LogP contribution < -0.4 is 14.9 Å². The number of benzene rings is 1. The number of carbonyl (C=O) groups is 1. The van der Waals surface area contributed by atoms with Crippen LogP contribution in [0, 0.1) is 15.3 Å². The molecule has 13 heteroatoms. The number of aromatic nitrogens is 1. The van der Waals surface area contributed by atoms with Gasteiger partial charge in [-0.15, -0.1) is 4.73 Å². The molecule has 0 spiro atoms. The Morgan fingerprint density at radius 1 is 1.45 bits per heavy atom. The number of nitrogens with one attached hydrogen (secondary N) is 1. The van der Waals surface area contributed by atoms with Crippen molar-refractivity contribution in [3.8, 4) is 5.19 Å². The van der Waals surface area contributed by atoms with Crippen LogP contribution in [0.3, 0.4) is 0 Å². The molecule has 0 saturated heterocycles. The molecule has 1 amide bonds. The number of amides is 1. The van der Waals surface area contributed by atoms with Crippen LogP contribution in [0.25, 0.3) is 10.2 Å². The first-order valence-electron chi connectivity index (χ1n) is 5.18. The minimum absolute atomic E-state index is 0.211. The van der Waals surface area contributed by atoms with E-state index in [0.29, 0.717) is 6.07 Å². The molecule has 2 N–H and O–H groups in total. The van der Waals surface area contributed by atoms with Gasteiger partial charge in [0.15, 0.2) is 4.70 Å². The van der Waals surface area contributed by atoms with Crippen molar-refractivity contribution in [3.05, 3.63) is 33.0 Å². The fourth-order valence-corrected chi connectivity index (χ4v) is 2.50. The third-order valence-corrected chi connectivity index (χ3v) is 3.47. The van der Waals surface area contributed by atoms with Crippen LogP contribution in [0.1, 0.15) is 5.56 Å². The van der Waals surface area contributed by atoms with Gasteiger partial charge in [0.25, 0.3) is 5.69 Å². The van der Waals surface area contributed by atoms with Crippen LogP contribution >= 0.6 is 11.3 Å². The van der Waals surface area contributed by atoms with Gasteiger partial charge < -0.3 is 9.94 Å². The first-order chi connectivity index (χ1) is 10.1. The van der Waals surface area contributed by atoms with E-state index in [-0.39, 0.29) is 22.1 Å². The Bertz CT molecular complexity index is 774. The number of alkyl halides is 3. The Hall–Kier alpha value is -2.67. The molecule has 1 heterocycles. The summed E-state index contributed by atoms with van der Waals surface area (Å²) in [6, 6.07) is 0.671. The molecule has 0 aliphatic carbocycles. The second-order valence-corrected chi connectivity index (χ2v) is 4.72. The summed E-state index contributed by atoms with van der Waals surface area (Å²) < 4.78 is 41.8. The number of nitrogens with zero attached hydrogens (tertiary/aromatic N) is 2. The number of nitro benzene ring substituents is 1. The highest BCUT2D eigenvalue weighted by molar-refractivity contribution is 7.20. The predicted molar refractivity (Wildman–Crippen MR) is 63.4 cm³/mol. The highest BCUT2D eigenvalue weighted by atomic mass is 32.1. The van der Waals surface area contributed by atoms with Gasteiger partial charge in [0, 0.05) is 12.1 Å². The largest absolute Gasteiger partial charge is 0.615 e. The van der Waals surface area contributed by atoms with E-state index < -0.39 is 43.9 Å². The highest BCUT2D eigenvalue weighted by Crippen LogP contribution is 2.39. The number of fused-ring (bicyclic) bond motifs is 1. The molecule has 0 aliphatic heterocycles. The van der Waals surface area contributed by atoms with Crippen LogP contribution in [0.2, 0.25) is 0 Å². The average Bonchev–Trinajstić information content (AvgIpc) is 2.73. The van der Waals surface area contributed by atoms with Crippen molar-refractivity contribution in [2.24, 2.45) is 0 Å². The molecule has 2 aromatic rings. The zero-order valence-corrected chi connectivity index (χ0v) is 10.9. The minimum atomic E-state index is -4.91. The zero-order chi connectivity index (χ0) is 16.7. The molecule has 2 rings (SSSR count). The van der Waals surface area contributed by atoms with E-state index >= 15 is 0 Å². The molecular formula is C9H4F3N3O6S. The van der Waals surface area contributed by atoms with Gasteiger partial charge in [-0.3, -0.25) is 15.3 Å². The lowest BCUT2D eigenvalue weighted by atomic mass is 10.2. The Labute approximate surface area is 121 Å². The molecule has 0 saturated carbocycles. The number of hydrogen-bond acceptors (Lipinski definition) is 7. The van der Waals surface area contributed by atoms with Gasteiger partial charge in [-0.05, 0) is 11.3 Å². The van der Waals surface area contributed by atoms with Crippen molar-refractivity contribution >= 4 is 33.3 Å². The Kier molecular flexibility index (Phi) is 3.76.